The molecule has 3 fully saturated rings. The van der Waals surface area contributed by atoms with E-state index in [2.05, 4.69) is 52.5 Å². The van der Waals surface area contributed by atoms with Gasteiger partial charge in [0.2, 0.25) is 17.8 Å². The lowest BCUT2D eigenvalue weighted by Gasteiger charge is -2.44. The van der Waals surface area contributed by atoms with Crippen LogP contribution >= 0.6 is 0 Å². The van der Waals surface area contributed by atoms with Gasteiger partial charge in [0.25, 0.3) is 5.91 Å². The summed E-state index contributed by atoms with van der Waals surface area (Å²) in [6, 6.07) is 12.3. The average Bonchev–Trinajstić information content (AvgIpc) is 3.70. The van der Waals surface area contributed by atoms with Crippen molar-refractivity contribution in [2.45, 2.75) is 71.5 Å². The minimum absolute atomic E-state index is 0.00975. The Morgan fingerprint density at radius 2 is 1.72 bits per heavy atom. The molecule has 300 valence electrons. The number of imidazole rings is 1. The number of likely N-dealkylation sites (tertiary alicyclic amines) is 1. The number of hydrogen-bond acceptors (Lipinski definition) is 10. The number of carbonyl (C=O) groups is 3. The molecule has 4 aliphatic heterocycles. The Balaban J connectivity index is 0.744. The second-order valence-electron chi connectivity index (χ2n) is 16.5. The highest BCUT2D eigenvalue weighted by Gasteiger charge is 2.40. The zero-order valence-electron chi connectivity index (χ0n) is 32.8. The maximum Gasteiger partial charge on any atom is 0.255 e. The van der Waals surface area contributed by atoms with E-state index in [1.807, 2.05) is 49.7 Å². The van der Waals surface area contributed by atoms with Gasteiger partial charge in [0, 0.05) is 67.6 Å². The van der Waals surface area contributed by atoms with Crippen LogP contribution in [0.2, 0.25) is 0 Å². The molecular formula is C43H46F2N10O3. The minimum Gasteiger partial charge on any atom is -0.371 e. The van der Waals surface area contributed by atoms with Crippen LogP contribution in [0.15, 0.2) is 54.9 Å². The Hall–Kier alpha value is -5.83. The Labute approximate surface area is 334 Å². The van der Waals surface area contributed by atoms with E-state index in [1.165, 1.54) is 6.07 Å². The third kappa shape index (κ3) is 7.27. The molecule has 3 saturated heterocycles. The number of imide groups is 1. The number of halogens is 2. The molecule has 15 heteroatoms. The molecule has 7 heterocycles. The third-order valence-corrected chi connectivity index (χ3v) is 12.1. The molecule has 0 bridgehead atoms. The van der Waals surface area contributed by atoms with E-state index >= 15 is 8.78 Å². The molecule has 1 atom stereocenters. The zero-order chi connectivity index (χ0) is 40.2. The van der Waals surface area contributed by atoms with Crippen LogP contribution < -0.4 is 15.5 Å². The Kier molecular flexibility index (Phi) is 9.86. The van der Waals surface area contributed by atoms with Crippen molar-refractivity contribution in [3.8, 4) is 11.3 Å². The van der Waals surface area contributed by atoms with Crippen LogP contribution in [-0.4, -0.2) is 90.8 Å². The summed E-state index contributed by atoms with van der Waals surface area (Å²) >= 11 is 0. The molecule has 0 saturated carbocycles. The standard InChI is InChI=1S/C43H46F2N10O3/c1-24(2)55-25(3)48-40-33(44)16-29(17-36(40)55)39-34(45)19-47-43(51-39)49-37-8-4-27(18-46-37)14-26-10-12-52(13-11-26)20-28-21-53(22-28)31-5-6-32-30(15-31)23-54(42(32)58)35-7-9-38(56)50-41(35)57/h4-6,8,15-19,24,26,28,35H,7,9-14,20-23H2,1-3H3,(H,50,56,57)(H,46,47,49,51). The molecule has 2 aromatic carbocycles. The molecular weight excluding hydrogens is 743 g/mol. The predicted molar refractivity (Wildman–Crippen MR) is 214 cm³/mol. The topological polar surface area (TPSA) is 141 Å². The number of piperidine rings is 2. The Morgan fingerprint density at radius 3 is 2.47 bits per heavy atom. The summed E-state index contributed by atoms with van der Waals surface area (Å²) in [7, 11) is 0. The fourth-order valence-electron chi connectivity index (χ4n) is 9.15. The first-order valence-electron chi connectivity index (χ1n) is 20.1. The number of anilines is 3. The van der Waals surface area contributed by atoms with Crippen molar-refractivity contribution < 1.29 is 23.2 Å². The number of carbonyl (C=O) groups excluding carboxylic acids is 3. The molecule has 0 radical (unpaired) electrons. The van der Waals surface area contributed by atoms with Crippen molar-refractivity contribution in [2.24, 2.45) is 11.8 Å². The second kappa shape index (κ2) is 15.2. The summed E-state index contributed by atoms with van der Waals surface area (Å²) in [5, 5.41) is 5.44. The first kappa shape index (κ1) is 37.7. The fraction of sp³-hybridized carbons (Fsp3) is 0.419. The maximum atomic E-state index is 15.1. The van der Waals surface area contributed by atoms with Crippen LogP contribution in [0.3, 0.4) is 0 Å². The van der Waals surface area contributed by atoms with Crippen LogP contribution in [0.25, 0.3) is 22.3 Å². The first-order chi connectivity index (χ1) is 28.0. The van der Waals surface area contributed by atoms with Gasteiger partial charge in [0.05, 0.1) is 11.7 Å². The number of nitrogens with zero attached hydrogens (tertiary/aromatic N) is 8. The molecule has 1 unspecified atom stereocenters. The van der Waals surface area contributed by atoms with E-state index in [1.54, 1.807) is 11.0 Å². The van der Waals surface area contributed by atoms with Crippen molar-refractivity contribution in [3.63, 3.8) is 0 Å². The van der Waals surface area contributed by atoms with Crippen molar-refractivity contribution in [1.29, 1.82) is 0 Å². The maximum absolute atomic E-state index is 15.1. The fourth-order valence-corrected chi connectivity index (χ4v) is 9.15. The summed E-state index contributed by atoms with van der Waals surface area (Å²) < 4.78 is 32.1. The largest absolute Gasteiger partial charge is 0.371 e. The summed E-state index contributed by atoms with van der Waals surface area (Å²) in [4.78, 5) is 61.1. The number of nitrogens with one attached hydrogen (secondary N) is 2. The minimum atomic E-state index is -0.655. The van der Waals surface area contributed by atoms with E-state index in [0.717, 1.165) is 75.0 Å². The summed E-state index contributed by atoms with van der Waals surface area (Å²) in [6.07, 6.45) is 6.74. The molecule has 3 aromatic heterocycles. The highest BCUT2D eigenvalue weighted by atomic mass is 19.1. The lowest BCUT2D eigenvalue weighted by atomic mass is 9.89. The third-order valence-electron chi connectivity index (χ3n) is 12.1. The van der Waals surface area contributed by atoms with Gasteiger partial charge in [0.1, 0.15) is 28.9 Å². The second-order valence-corrected chi connectivity index (χ2v) is 16.5. The van der Waals surface area contributed by atoms with Crippen LogP contribution in [0.1, 0.15) is 72.9 Å². The van der Waals surface area contributed by atoms with Crippen molar-refractivity contribution in [3.05, 3.63) is 89.0 Å². The van der Waals surface area contributed by atoms with E-state index in [4.69, 9.17) is 0 Å². The van der Waals surface area contributed by atoms with E-state index in [9.17, 15) is 14.4 Å². The summed E-state index contributed by atoms with van der Waals surface area (Å²) in [5.41, 5.74) is 4.95. The Morgan fingerprint density at radius 1 is 0.914 bits per heavy atom. The van der Waals surface area contributed by atoms with Gasteiger partial charge in [-0.05, 0) is 113 Å². The monoisotopic (exact) mass is 788 g/mol. The average molecular weight is 789 g/mol. The van der Waals surface area contributed by atoms with Crippen LogP contribution in [0, 0.1) is 30.4 Å². The van der Waals surface area contributed by atoms with Gasteiger partial charge in [-0.2, -0.15) is 0 Å². The molecule has 0 spiro atoms. The van der Waals surface area contributed by atoms with Gasteiger partial charge in [-0.1, -0.05) is 6.07 Å². The van der Waals surface area contributed by atoms with Gasteiger partial charge in [-0.25, -0.2) is 28.7 Å². The molecule has 5 aromatic rings. The molecule has 0 aliphatic carbocycles. The Bertz CT molecular complexity index is 2420. The number of aromatic nitrogens is 5. The molecule has 3 amide bonds. The number of pyridine rings is 1. The lowest BCUT2D eigenvalue weighted by Crippen LogP contribution is -2.52. The quantitative estimate of drug-likeness (QED) is 0.163. The van der Waals surface area contributed by atoms with E-state index in [0.29, 0.717) is 53.1 Å². The lowest BCUT2D eigenvalue weighted by molar-refractivity contribution is -0.136. The molecule has 13 nitrogen and oxygen atoms in total. The zero-order valence-corrected chi connectivity index (χ0v) is 32.8. The number of benzene rings is 2. The van der Waals surface area contributed by atoms with Crippen LogP contribution in [0.5, 0.6) is 0 Å². The number of aryl methyl sites for hydroxylation is 1. The van der Waals surface area contributed by atoms with Crippen LogP contribution in [-0.2, 0) is 22.6 Å². The van der Waals surface area contributed by atoms with Crippen molar-refractivity contribution in [2.75, 3.05) is 42.9 Å². The number of amides is 3. The number of hydrogen-bond donors (Lipinski definition) is 2. The summed E-state index contributed by atoms with van der Waals surface area (Å²) in [5.74, 6) is 0.522. The van der Waals surface area contributed by atoms with Crippen molar-refractivity contribution >= 4 is 46.2 Å². The van der Waals surface area contributed by atoms with E-state index < -0.39 is 17.7 Å². The highest BCUT2D eigenvalue weighted by molar-refractivity contribution is 6.05. The van der Waals surface area contributed by atoms with E-state index in [-0.39, 0.29) is 47.3 Å². The normalized spacial score (nSPS) is 19.3. The van der Waals surface area contributed by atoms with Gasteiger partial charge in [-0.3, -0.25) is 19.7 Å². The van der Waals surface area contributed by atoms with Crippen LogP contribution in [0.4, 0.5) is 26.2 Å². The van der Waals surface area contributed by atoms with Gasteiger partial charge < -0.3 is 24.6 Å². The first-order valence-corrected chi connectivity index (χ1v) is 20.1. The summed E-state index contributed by atoms with van der Waals surface area (Å²) in [6.45, 7) is 11.3. The molecule has 4 aliphatic rings. The van der Waals surface area contributed by atoms with Gasteiger partial charge in [-0.15, -0.1) is 0 Å². The van der Waals surface area contributed by atoms with Crippen molar-refractivity contribution in [1.82, 2.24) is 39.6 Å². The number of rotatable bonds is 10. The smallest absolute Gasteiger partial charge is 0.255 e. The predicted octanol–water partition coefficient (Wildman–Crippen LogP) is 5.95. The molecule has 2 N–H and O–H groups in total. The molecule has 9 rings (SSSR count). The SMILES string of the molecule is Cc1nc2c(F)cc(-c3nc(Nc4ccc(CC5CCN(CC6CN(c7ccc8c(c7)CN(C7CCC(=O)NC7=O)C8=O)C6)CC5)cn4)ncc3F)cc2n1C(C)C. The van der Waals surface area contributed by atoms with Gasteiger partial charge in [0.15, 0.2) is 11.6 Å². The highest BCUT2D eigenvalue weighted by Crippen LogP contribution is 2.34. The number of fused-ring (bicyclic) bond motifs is 2. The molecule has 58 heavy (non-hydrogen) atoms. The van der Waals surface area contributed by atoms with Gasteiger partial charge >= 0.3 is 0 Å².